The number of furan rings is 3. The van der Waals surface area contributed by atoms with Crippen LogP contribution in [0.1, 0.15) is 330 Å². The maximum absolute atomic E-state index is 7.36. The number of anilines is 3. The number of unbranched alkanes of at least 4 members (excludes halogenated alkanes) is 20. The Bertz CT molecular complexity index is 7940. The lowest BCUT2D eigenvalue weighted by molar-refractivity contribution is 0.398. The monoisotopic (exact) mass is 1910 g/mol. The molecule has 6 aliphatic rings. The molecule has 4 nitrogen and oxygen atoms in total. The number of para-hydroxylation sites is 3. The van der Waals surface area contributed by atoms with E-state index in [0.29, 0.717) is 0 Å². The smallest absolute Gasteiger partial charge is 0.143 e. The number of nitrogens with zero attached hydrogens (tertiary/aromatic N) is 1. The average Bonchev–Trinajstić information content (AvgIpc) is 1.53. The molecule has 732 valence electrons. The fourth-order valence-electron chi connectivity index (χ4n) is 28.8. The lowest BCUT2D eigenvalue weighted by atomic mass is 9.70. The van der Waals surface area contributed by atoms with Gasteiger partial charge in [-0.2, -0.15) is 0 Å². The predicted octanol–water partition coefficient (Wildman–Crippen LogP) is 42.3. The van der Waals surface area contributed by atoms with Crippen LogP contribution in [0.2, 0.25) is 0 Å². The van der Waals surface area contributed by atoms with Gasteiger partial charge < -0.3 is 18.2 Å². The average molecular weight is 1910 g/mol. The van der Waals surface area contributed by atoms with Crippen LogP contribution in [-0.4, -0.2) is 0 Å². The molecule has 3 heterocycles. The molecule has 0 saturated heterocycles. The van der Waals surface area contributed by atoms with E-state index < -0.39 is 10.8 Å². The minimum absolute atomic E-state index is 0.0103. The first-order chi connectivity index (χ1) is 71.3. The van der Waals surface area contributed by atoms with Crippen LogP contribution >= 0.6 is 0 Å². The fraction of sp³-hybridized carbons (Fsp3) is 0.324. The second kappa shape index (κ2) is 37.0. The van der Waals surface area contributed by atoms with Crippen LogP contribution in [0.3, 0.4) is 0 Å². The molecule has 0 amide bonds. The first kappa shape index (κ1) is 93.8. The van der Waals surface area contributed by atoms with Crippen molar-refractivity contribution >= 4 is 82.9 Å². The highest BCUT2D eigenvalue weighted by Crippen LogP contribution is 2.65. The third kappa shape index (κ3) is 14.9. The van der Waals surface area contributed by atoms with E-state index in [1.165, 1.54) is 335 Å². The Morgan fingerprint density at radius 3 is 0.863 bits per heavy atom. The van der Waals surface area contributed by atoms with E-state index in [2.05, 4.69) is 385 Å². The molecule has 19 aromatic rings. The second-order valence-corrected chi connectivity index (χ2v) is 46.7. The van der Waals surface area contributed by atoms with Crippen molar-refractivity contribution in [3.05, 3.63) is 364 Å². The van der Waals surface area contributed by atoms with Gasteiger partial charge in [0.1, 0.15) is 33.5 Å². The Balaban J connectivity index is 0.557. The van der Waals surface area contributed by atoms with Crippen molar-refractivity contribution in [2.75, 3.05) is 4.90 Å². The minimum Gasteiger partial charge on any atom is -0.456 e. The molecule has 0 fully saturated rings. The third-order valence-electron chi connectivity index (χ3n) is 36.7. The van der Waals surface area contributed by atoms with Gasteiger partial charge in [-0.15, -0.1) is 0 Å². The van der Waals surface area contributed by atoms with Crippen LogP contribution in [0, 0.1) is 0 Å². The predicted molar refractivity (Wildman–Crippen MR) is 619 cm³/mol. The summed E-state index contributed by atoms with van der Waals surface area (Å²) in [5.41, 5.74) is 49.9. The van der Waals surface area contributed by atoms with Gasteiger partial charge in [0, 0.05) is 81.9 Å². The molecule has 146 heavy (non-hydrogen) atoms. The van der Waals surface area contributed by atoms with E-state index in [-0.39, 0.29) is 21.7 Å². The van der Waals surface area contributed by atoms with Crippen molar-refractivity contribution < 1.29 is 13.3 Å². The third-order valence-corrected chi connectivity index (χ3v) is 36.7. The molecular formula is C142H141NO3. The van der Waals surface area contributed by atoms with E-state index in [1.807, 2.05) is 0 Å². The molecule has 0 radical (unpaired) electrons. The summed E-state index contributed by atoms with van der Waals surface area (Å²) in [5.74, 6) is 0. The van der Waals surface area contributed by atoms with E-state index >= 15 is 0 Å². The SMILES string of the molecule is CCCCCCCCC1(CCCCCCCC)c2ccccc2-c2ccc(-c3ccc4c(c3)C(C)(C)c3cc(-c5cc6c(c7c5oc5ccccc57)-c5ccc(N(c7ccc8c(c7)C(C)(C)c7cc(-c9ccc%10c(c9)C(C)(C)c9cc(-c%11ccc%12c(c%11)C(CCCCCCCC)(CCCCCCCC)c%11ccccc%11-%12)ccc9-%10)c9oc%10ccccc%10c9c7-8)c7cccc8oc9ccccc9c78)cc5C6(C)C)ccc3-4)cc21. The Morgan fingerprint density at radius 1 is 0.199 bits per heavy atom. The van der Waals surface area contributed by atoms with Crippen molar-refractivity contribution in [1.82, 2.24) is 0 Å². The Kier molecular flexibility index (Phi) is 23.7. The van der Waals surface area contributed by atoms with Crippen molar-refractivity contribution in [3.8, 4) is 111 Å². The lowest BCUT2D eigenvalue weighted by Gasteiger charge is -2.33. The molecule has 16 aromatic carbocycles. The van der Waals surface area contributed by atoms with Gasteiger partial charge in [0.2, 0.25) is 0 Å². The summed E-state index contributed by atoms with van der Waals surface area (Å²) in [4.78, 5) is 2.54. The van der Waals surface area contributed by atoms with Crippen molar-refractivity contribution in [1.29, 1.82) is 0 Å². The summed E-state index contributed by atoms with van der Waals surface area (Å²) in [7, 11) is 0. The van der Waals surface area contributed by atoms with Gasteiger partial charge >= 0.3 is 0 Å². The van der Waals surface area contributed by atoms with E-state index in [9.17, 15) is 0 Å². The number of hydrogen-bond acceptors (Lipinski definition) is 4. The molecule has 0 unspecified atom stereocenters. The Labute approximate surface area is 865 Å². The summed E-state index contributed by atoms with van der Waals surface area (Å²) in [6, 6.07) is 116. The highest BCUT2D eigenvalue weighted by molar-refractivity contribution is 6.21. The molecule has 3 aromatic heterocycles. The van der Waals surface area contributed by atoms with E-state index in [4.69, 9.17) is 13.3 Å². The molecule has 0 bridgehead atoms. The topological polar surface area (TPSA) is 42.7 Å². The Hall–Kier alpha value is -13.3. The zero-order valence-electron chi connectivity index (χ0n) is 88.3. The van der Waals surface area contributed by atoms with Gasteiger partial charge in [-0.1, -0.05) is 431 Å². The maximum atomic E-state index is 7.36. The van der Waals surface area contributed by atoms with Gasteiger partial charge in [0.25, 0.3) is 0 Å². The van der Waals surface area contributed by atoms with Crippen LogP contribution in [0.4, 0.5) is 17.1 Å². The van der Waals surface area contributed by atoms with Crippen LogP contribution in [0.15, 0.2) is 311 Å². The molecule has 6 aliphatic carbocycles. The molecule has 0 aliphatic heterocycles. The van der Waals surface area contributed by atoms with Crippen LogP contribution < -0.4 is 4.90 Å². The second-order valence-electron chi connectivity index (χ2n) is 46.7. The number of fused-ring (bicyclic) bond motifs is 29. The first-order valence-corrected chi connectivity index (χ1v) is 56.3. The molecule has 0 atom stereocenters. The largest absolute Gasteiger partial charge is 0.456 e. The zero-order valence-corrected chi connectivity index (χ0v) is 88.3. The van der Waals surface area contributed by atoms with Crippen molar-refractivity contribution in [2.24, 2.45) is 0 Å². The molecule has 4 heteroatoms. The lowest BCUT2D eigenvalue weighted by Crippen LogP contribution is -2.25. The quantitative estimate of drug-likeness (QED) is 0.0371. The minimum atomic E-state index is -0.460. The fourth-order valence-corrected chi connectivity index (χ4v) is 28.8. The first-order valence-electron chi connectivity index (χ1n) is 56.3. The summed E-state index contributed by atoms with van der Waals surface area (Å²) >= 11 is 0. The van der Waals surface area contributed by atoms with Gasteiger partial charge in [-0.3, -0.25) is 0 Å². The van der Waals surface area contributed by atoms with Crippen molar-refractivity contribution in [2.45, 2.75) is 295 Å². The molecule has 0 N–H and O–H groups in total. The summed E-state index contributed by atoms with van der Waals surface area (Å²) in [6.07, 6.45) is 36.3. The molecule has 25 rings (SSSR count). The summed E-state index contributed by atoms with van der Waals surface area (Å²) in [6.45, 7) is 29.1. The number of hydrogen-bond donors (Lipinski definition) is 0. The van der Waals surface area contributed by atoms with Crippen LogP contribution in [-0.2, 0) is 32.5 Å². The molecular weight excluding hydrogens is 1770 g/mol. The van der Waals surface area contributed by atoms with Crippen molar-refractivity contribution in [3.63, 3.8) is 0 Å². The van der Waals surface area contributed by atoms with Gasteiger partial charge in [-0.05, 0) is 296 Å². The maximum Gasteiger partial charge on any atom is 0.143 e. The summed E-state index contributed by atoms with van der Waals surface area (Å²) < 4.78 is 21.6. The number of rotatable bonds is 35. The molecule has 0 saturated carbocycles. The van der Waals surface area contributed by atoms with Crippen LogP contribution in [0.5, 0.6) is 0 Å². The normalized spacial score (nSPS) is 15.3. The van der Waals surface area contributed by atoms with Gasteiger partial charge in [0.05, 0.1) is 11.1 Å². The van der Waals surface area contributed by atoms with Gasteiger partial charge in [-0.25, -0.2) is 0 Å². The highest BCUT2D eigenvalue weighted by atomic mass is 16.3. The number of benzene rings is 16. The van der Waals surface area contributed by atoms with Crippen LogP contribution in [0.25, 0.3) is 177 Å². The zero-order chi connectivity index (χ0) is 99.3. The van der Waals surface area contributed by atoms with E-state index in [1.54, 1.807) is 22.3 Å². The highest BCUT2D eigenvalue weighted by Gasteiger charge is 2.48. The van der Waals surface area contributed by atoms with Gasteiger partial charge in [0.15, 0.2) is 0 Å². The standard InChI is InChI=1S/C142H141NO3/c1-13-17-21-25-29-43-76-141(77-44-30-26-22-18-14-2)113-53-38-33-48-98(113)104-70-62-92(82-121(104)141)90-60-68-100-102-72-64-94(84-117(102)137(5,6)115(100)80-90)111-88-123-130(133-109-51-36-41-57-127(109)145-135(111)133)106-74-66-96(86-119(106)139(123,9)10)143(125-55-47-59-129-132(125)108-50-35-40-56-126(108)144-129)97-67-75-107-120(87-97)140(11,12)124-89-112(136-134(131(107)124)110-52-37-42-58-128(110)146-136)95-65-73-103-101-69-61-91(81-116(101)138(7,8)118(103)85-95)93-63-71-105-99-49-34-39-54-114(99)142(122(105)83-93,78-45-31-27-23-19-15-3)79-46-32-28-24-20-16-4/h33-42,47-75,80-89H,13-32,43-46,76-79H2,1-12H3. The van der Waals surface area contributed by atoms with E-state index in [0.717, 1.165) is 83.2 Å². The Morgan fingerprint density at radius 2 is 0.479 bits per heavy atom. The summed E-state index contributed by atoms with van der Waals surface area (Å²) in [5, 5.41) is 6.78. The molecule has 0 spiro atoms.